The summed E-state index contributed by atoms with van der Waals surface area (Å²) in [4.78, 5) is 18.4. The van der Waals surface area contributed by atoms with Gasteiger partial charge in [0, 0.05) is 13.2 Å². The monoisotopic (exact) mass is 462 g/mol. The smallest absolute Gasteiger partial charge is 0.390 e. The van der Waals surface area contributed by atoms with Gasteiger partial charge in [-0.15, -0.1) is 0 Å². The Bertz CT molecular complexity index is 815. The number of carbonyl (C=O) groups excluding carboxylic acids is 1. The predicted octanol–water partition coefficient (Wildman–Crippen LogP) is 0.759. The quantitative estimate of drug-likeness (QED) is 0.288. The van der Waals surface area contributed by atoms with Crippen LogP contribution in [0.25, 0.3) is 0 Å². The van der Waals surface area contributed by atoms with Crippen LogP contribution in [0.2, 0.25) is 0 Å². The Hall–Kier alpha value is -2.57. The largest absolute Gasteiger partial charge is 0.434 e. The molecular weight excluding hydrogens is 431 g/mol. The Morgan fingerprint density at radius 1 is 1.41 bits per heavy atom. The third-order valence-corrected chi connectivity index (χ3v) is 4.66. The molecule has 0 aromatic carbocycles. The van der Waals surface area contributed by atoms with E-state index in [1.54, 1.807) is 19.2 Å². The highest BCUT2D eigenvalue weighted by atomic mass is 19.4. The summed E-state index contributed by atoms with van der Waals surface area (Å²) in [5.74, 6) is -0.458. The topological polar surface area (TPSA) is 134 Å². The van der Waals surface area contributed by atoms with E-state index in [9.17, 15) is 28.2 Å². The van der Waals surface area contributed by atoms with Crippen molar-refractivity contribution in [2.75, 3.05) is 25.9 Å². The first-order valence-corrected chi connectivity index (χ1v) is 10.0. The van der Waals surface area contributed by atoms with Gasteiger partial charge in [-0.25, -0.2) is 9.56 Å². The molecule has 12 heteroatoms. The third-order valence-electron chi connectivity index (χ3n) is 4.66. The number of hydrogen-bond acceptors (Lipinski definition) is 7. The second-order valence-electron chi connectivity index (χ2n) is 7.43. The maximum atomic E-state index is 12.1. The van der Waals surface area contributed by atoms with E-state index in [2.05, 4.69) is 15.3 Å². The summed E-state index contributed by atoms with van der Waals surface area (Å²) in [5, 5.41) is 22.1. The molecule has 2 heterocycles. The number of aromatic nitrogens is 2. The van der Waals surface area contributed by atoms with Crippen molar-refractivity contribution in [2.45, 2.75) is 57.7 Å². The SMILES string of the molecule is C/C=C(\C=[N+](C)C(C)C)C(=O)NCC1OCCC(O)C1O.Nc1cncc(C(F)(F)F)n1. The number of amides is 1. The minimum atomic E-state index is -4.47. The fourth-order valence-electron chi connectivity index (χ4n) is 2.48. The molecule has 1 fully saturated rings. The second kappa shape index (κ2) is 12.5. The van der Waals surface area contributed by atoms with Crippen LogP contribution in [0.5, 0.6) is 0 Å². The number of rotatable bonds is 5. The first-order valence-electron chi connectivity index (χ1n) is 10.0. The lowest BCUT2D eigenvalue weighted by Gasteiger charge is -2.32. The van der Waals surface area contributed by atoms with E-state index in [0.29, 0.717) is 30.8 Å². The third kappa shape index (κ3) is 8.89. The fourth-order valence-corrected chi connectivity index (χ4v) is 2.48. The fraction of sp³-hybridized carbons (Fsp3) is 0.600. The van der Waals surface area contributed by atoms with E-state index in [1.807, 2.05) is 25.5 Å². The van der Waals surface area contributed by atoms with Crippen LogP contribution in [0.3, 0.4) is 0 Å². The lowest BCUT2D eigenvalue weighted by molar-refractivity contribution is -0.524. The number of halogens is 3. The van der Waals surface area contributed by atoms with Gasteiger partial charge in [-0.3, -0.25) is 9.78 Å². The lowest BCUT2D eigenvalue weighted by Crippen LogP contribution is -2.50. The molecule has 5 N–H and O–H groups in total. The van der Waals surface area contributed by atoms with Gasteiger partial charge < -0.3 is 26.0 Å². The van der Waals surface area contributed by atoms with E-state index in [4.69, 9.17) is 10.5 Å². The number of allylic oxidation sites excluding steroid dienone is 1. The zero-order valence-electron chi connectivity index (χ0n) is 18.5. The molecule has 1 aromatic rings. The van der Waals surface area contributed by atoms with Gasteiger partial charge >= 0.3 is 6.18 Å². The van der Waals surface area contributed by atoms with Crippen molar-refractivity contribution in [3.05, 3.63) is 29.7 Å². The van der Waals surface area contributed by atoms with Crippen molar-refractivity contribution in [3.63, 3.8) is 0 Å². The van der Waals surface area contributed by atoms with Gasteiger partial charge in [-0.05, 0) is 27.2 Å². The molecule has 3 unspecified atom stereocenters. The molecule has 1 aliphatic rings. The van der Waals surface area contributed by atoms with Crippen LogP contribution in [0.15, 0.2) is 24.0 Å². The molecule has 2 rings (SSSR count). The van der Waals surface area contributed by atoms with Crippen molar-refractivity contribution in [3.8, 4) is 0 Å². The molecule has 1 aliphatic heterocycles. The van der Waals surface area contributed by atoms with Gasteiger partial charge in [-0.2, -0.15) is 13.2 Å². The molecule has 32 heavy (non-hydrogen) atoms. The maximum Gasteiger partial charge on any atom is 0.434 e. The van der Waals surface area contributed by atoms with Crippen LogP contribution in [0, 0.1) is 0 Å². The zero-order valence-corrected chi connectivity index (χ0v) is 18.5. The van der Waals surface area contributed by atoms with Gasteiger partial charge in [0.25, 0.3) is 5.91 Å². The van der Waals surface area contributed by atoms with Crippen molar-refractivity contribution in [2.24, 2.45) is 0 Å². The Labute approximate surface area is 184 Å². The highest BCUT2D eigenvalue weighted by molar-refractivity contribution is 6.10. The normalized spacial score (nSPS) is 22.2. The number of hydrogen-bond donors (Lipinski definition) is 4. The molecule has 1 saturated heterocycles. The highest BCUT2D eigenvalue weighted by Gasteiger charge is 2.33. The van der Waals surface area contributed by atoms with Gasteiger partial charge in [-0.1, -0.05) is 6.08 Å². The highest BCUT2D eigenvalue weighted by Crippen LogP contribution is 2.26. The number of ether oxygens (including phenoxy) is 1. The number of alkyl halides is 3. The van der Waals surface area contributed by atoms with Gasteiger partial charge in [0.2, 0.25) is 0 Å². The van der Waals surface area contributed by atoms with Crippen LogP contribution in [-0.2, 0) is 15.7 Å². The predicted molar refractivity (Wildman–Crippen MR) is 112 cm³/mol. The van der Waals surface area contributed by atoms with Crippen LogP contribution >= 0.6 is 0 Å². The first-order chi connectivity index (χ1) is 14.9. The molecule has 3 atom stereocenters. The molecule has 1 amide bonds. The number of aliphatic hydroxyl groups is 2. The zero-order chi connectivity index (χ0) is 24.5. The summed E-state index contributed by atoms with van der Waals surface area (Å²) in [6, 6.07) is 0.298. The van der Waals surface area contributed by atoms with Crippen molar-refractivity contribution in [1.29, 1.82) is 0 Å². The van der Waals surface area contributed by atoms with Crippen LogP contribution in [-0.4, -0.2) is 81.4 Å². The number of anilines is 1. The summed E-state index contributed by atoms with van der Waals surface area (Å²) in [7, 11) is 1.91. The summed E-state index contributed by atoms with van der Waals surface area (Å²) in [5.41, 5.74) is 4.46. The number of nitrogens with zero attached hydrogens (tertiary/aromatic N) is 3. The molecule has 0 spiro atoms. The van der Waals surface area contributed by atoms with E-state index in [-0.39, 0.29) is 18.3 Å². The lowest BCUT2D eigenvalue weighted by atomic mass is 10.0. The average Bonchev–Trinajstić information content (AvgIpc) is 2.72. The first kappa shape index (κ1) is 27.5. The standard InChI is InChI=1S/C15H26N2O4.C5H4F3N3/c1-5-11(9-17(4)10(2)3)15(20)16-8-13-14(19)12(18)6-7-21-13;6-5(7,8)3-1-10-2-4(9)11-3/h5,9-10,12-14,18-19H,6-8H2,1-4H3;1-2H,(H2,9,11)/p+1/b11-5+,17-9?;. The van der Waals surface area contributed by atoms with Crippen molar-refractivity contribution in [1.82, 2.24) is 15.3 Å². The average molecular weight is 462 g/mol. The summed E-state index contributed by atoms with van der Waals surface area (Å²) < 4.78 is 42.8. The van der Waals surface area contributed by atoms with Crippen molar-refractivity contribution >= 4 is 17.9 Å². The van der Waals surface area contributed by atoms with Crippen LogP contribution in [0.4, 0.5) is 19.0 Å². The van der Waals surface area contributed by atoms with E-state index in [0.717, 1.165) is 6.20 Å². The number of nitrogens with one attached hydrogen (secondary N) is 1. The molecule has 0 radical (unpaired) electrons. The molecule has 0 saturated carbocycles. The van der Waals surface area contributed by atoms with Gasteiger partial charge in [0.15, 0.2) is 11.9 Å². The van der Waals surface area contributed by atoms with Gasteiger partial charge in [0.05, 0.1) is 24.1 Å². The van der Waals surface area contributed by atoms with Crippen LogP contribution in [0.1, 0.15) is 32.9 Å². The van der Waals surface area contributed by atoms with E-state index < -0.39 is 30.2 Å². The van der Waals surface area contributed by atoms with Gasteiger partial charge in [0.1, 0.15) is 31.1 Å². The second-order valence-corrected chi connectivity index (χ2v) is 7.43. The number of carbonyl (C=O) groups is 1. The van der Waals surface area contributed by atoms with Crippen molar-refractivity contribution < 1.29 is 37.5 Å². The summed E-state index contributed by atoms with van der Waals surface area (Å²) in [6.45, 7) is 6.44. The Morgan fingerprint density at radius 2 is 2.06 bits per heavy atom. The number of aliphatic hydroxyl groups excluding tert-OH is 2. The number of nitrogens with two attached hydrogens (primary N) is 1. The minimum Gasteiger partial charge on any atom is -0.390 e. The van der Waals surface area contributed by atoms with E-state index in [1.165, 1.54) is 0 Å². The number of nitrogen functional groups attached to an aromatic ring is 1. The Kier molecular flexibility index (Phi) is 10.7. The summed E-state index contributed by atoms with van der Waals surface area (Å²) >= 11 is 0. The van der Waals surface area contributed by atoms with Crippen LogP contribution < -0.4 is 11.1 Å². The molecular formula is C20H31F3N5O4+. The minimum absolute atomic E-state index is 0.174. The molecule has 0 bridgehead atoms. The Morgan fingerprint density at radius 3 is 2.56 bits per heavy atom. The summed E-state index contributed by atoms with van der Waals surface area (Å²) in [6.07, 6.45) is -1.18. The molecule has 0 aliphatic carbocycles. The maximum absolute atomic E-state index is 12.1. The molecule has 180 valence electrons. The van der Waals surface area contributed by atoms with E-state index >= 15 is 0 Å². The molecule has 9 nitrogen and oxygen atoms in total. The Balaban J connectivity index is 0.000000389. The molecule has 1 aromatic heterocycles.